The van der Waals surface area contributed by atoms with Crippen LogP contribution in [0.15, 0.2) is 0 Å². The van der Waals surface area contributed by atoms with Crippen molar-refractivity contribution in [3.05, 3.63) is 0 Å². The molecule has 0 aromatic carbocycles. The first-order chi connectivity index (χ1) is 7.83. The monoisotopic (exact) mass is 226 g/mol. The van der Waals surface area contributed by atoms with Crippen LogP contribution in [-0.2, 0) is 0 Å². The minimum absolute atomic E-state index is 0.793. The quantitative estimate of drug-likeness (QED) is 0.718. The minimum atomic E-state index is 0.793. The second-order valence-corrected chi connectivity index (χ2v) is 5.06. The Labute approximate surface area is 102 Å². The van der Waals surface area contributed by atoms with E-state index in [0.29, 0.717) is 0 Å². The number of hydrogen-bond acceptors (Lipinski definition) is 2. The van der Waals surface area contributed by atoms with Gasteiger partial charge in [0.1, 0.15) is 0 Å². The predicted molar refractivity (Wildman–Crippen MR) is 71.9 cm³/mol. The molecule has 0 aliphatic carbocycles. The van der Waals surface area contributed by atoms with Crippen molar-refractivity contribution in [2.45, 2.75) is 71.4 Å². The molecule has 1 heterocycles. The Kier molecular flexibility index (Phi) is 7.06. The summed E-state index contributed by atoms with van der Waals surface area (Å²) in [5.74, 6) is 0. The molecule has 0 amide bonds. The van der Waals surface area contributed by atoms with Crippen LogP contribution in [0.3, 0.4) is 0 Å². The largest absolute Gasteiger partial charge is 0.315 e. The van der Waals surface area contributed by atoms with Crippen LogP contribution in [0, 0.1) is 0 Å². The van der Waals surface area contributed by atoms with Crippen LogP contribution in [0.1, 0.15) is 59.3 Å². The molecule has 0 spiro atoms. The van der Waals surface area contributed by atoms with Crippen LogP contribution >= 0.6 is 0 Å². The van der Waals surface area contributed by atoms with Gasteiger partial charge in [-0.1, -0.05) is 33.6 Å². The lowest BCUT2D eigenvalue weighted by atomic mass is 9.99. The molecule has 0 bridgehead atoms. The molecule has 2 nitrogen and oxygen atoms in total. The first kappa shape index (κ1) is 14.0. The normalized spacial score (nSPS) is 21.9. The van der Waals surface area contributed by atoms with Crippen molar-refractivity contribution < 1.29 is 0 Å². The summed E-state index contributed by atoms with van der Waals surface area (Å²) in [7, 11) is 0. The summed E-state index contributed by atoms with van der Waals surface area (Å²) < 4.78 is 0. The maximum absolute atomic E-state index is 3.55. The van der Waals surface area contributed by atoms with Crippen LogP contribution in [0.2, 0.25) is 0 Å². The fourth-order valence-electron chi connectivity index (χ4n) is 3.07. The van der Waals surface area contributed by atoms with Crippen molar-refractivity contribution in [1.82, 2.24) is 10.2 Å². The van der Waals surface area contributed by atoms with E-state index in [2.05, 4.69) is 31.0 Å². The number of piperidine rings is 1. The zero-order chi connectivity index (χ0) is 11.8. The van der Waals surface area contributed by atoms with E-state index in [-0.39, 0.29) is 0 Å². The molecule has 1 N–H and O–H groups in total. The molecule has 0 aromatic rings. The number of likely N-dealkylation sites (N-methyl/N-ethyl adjacent to an activating group) is 1. The van der Waals surface area contributed by atoms with Crippen molar-refractivity contribution in [3.8, 4) is 0 Å². The minimum Gasteiger partial charge on any atom is -0.315 e. The Hall–Kier alpha value is -0.0800. The SMILES string of the molecule is CCCC(CCC)N(CC)C1CCCNC1. The number of nitrogens with one attached hydrogen (secondary N) is 1. The number of nitrogens with zero attached hydrogens (tertiary/aromatic N) is 1. The lowest BCUT2D eigenvalue weighted by Gasteiger charge is -2.39. The van der Waals surface area contributed by atoms with Gasteiger partial charge in [0.25, 0.3) is 0 Å². The van der Waals surface area contributed by atoms with E-state index in [1.165, 1.54) is 58.2 Å². The molecule has 0 aromatic heterocycles. The molecular formula is C14H30N2. The van der Waals surface area contributed by atoms with Gasteiger partial charge in [0.15, 0.2) is 0 Å². The first-order valence-corrected chi connectivity index (χ1v) is 7.29. The molecule has 96 valence electrons. The maximum Gasteiger partial charge on any atom is 0.0223 e. The molecule has 1 saturated heterocycles. The van der Waals surface area contributed by atoms with Crippen LogP contribution in [0.5, 0.6) is 0 Å². The molecule has 1 fully saturated rings. The van der Waals surface area contributed by atoms with Crippen molar-refractivity contribution in [3.63, 3.8) is 0 Å². The van der Waals surface area contributed by atoms with Gasteiger partial charge in [-0.05, 0) is 38.8 Å². The van der Waals surface area contributed by atoms with E-state index in [0.717, 1.165) is 12.1 Å². The average Bonchev–Trinajstić information content (AvgIpc) is 2.32. The summed E-state index contributed by atoms with van der Waals surface area (Å²) >= 11 is 0. The Balaban J connectivity index is 2.52. The van der Waals surface area contributed by atoms with E-state index in [4.69, 9.17) is 0 Å². The molecule has 1 atom stereocenters. The molecule has 2 heteroatoms. The van der Waals surface area contributed by atoms with Crippen LogP contribution in [0.25, 0.3) is 0 Å². The molecule has 1 aliphatic rings. The van der Waals surface area contributed by atoms with Gasteiger partial charge in [-0.25, -0.2) is 0 Å². The second kappa shape index (κ2) is 8.08. The van der Waals surface area contributed by atoms with Gasteiger partial charge in [0.05, 0.1) is 0 Å². The van der Waals surface area contributed by atoms with E-state index in [9.17, 15) is 0 Å². The Morgan fingerprint density at radius 1 is 1.19 bits per heavy atom. The highest BCUT2D eigenvalue weighted by Gasteiger charge is 2.25. The van der Waals surface area contributed by atoms with Gasteiger partial charge in [0.2, 0.25) is 0 Å². The molecular weight excluding hydrogens is 196 g/mol. The summed E-state index contributed by atoms with van der Waals surface area (Å²) in [6, 6.07) is 1.62. The zero-order valence-corrected chi connectivity index (χ0v) is 11.5. The fraction of sp³-hybridized carbons (Fsp3) is 1.00. The predicted octanol–water partition coefficient (Wildman–Crippen LogP) is 3.03. The van der Waals surface area contributed by atoms with E-state index >= 15 is 0 Å². The van der Waals surface area contributed by atoms with Crippen LogP contribution in [-0.4, -0.2) is 36.6 Å². The summed E-state index contributed by atoms with van der Waals surface area (Å²) in [4.78, 5) is 2.76. The van der Waals surface area contributed by atoms with E-state index in [1.54, 1.807) is 0 Å². The third kappa shape index (κ3) is 4.06. The molecule has 1 unspecified atom stereocenters. The van der Waals surface area contributed by atoms with Crippen LogP contribution < -0.4 is 5.32 Å². The highest BCUT2D eigenvalue weighted by Crippen LogP contribution is 2.19. The molecule has 0 saturated carbocycles. The van der Waals surface area contributed by atoms with Gasteiger partial charge in [-0.2, -0.15) is 0 Å². The topological polar surface area (TPSA) is 15.3 Å². The zero-order valence-electron chi connectivity index (χ0n) is 11.5. The Morgan fingerprint density at radius 3 is 2.31 bits per heavy atom. The first-order valence-electron chi connectivity index (χ1n) is 7.29. The number of rotatable bonds is 7. The Bertz CT molecular complexity index is 158. The smallest absolute Gasteiger partial charge is 0.0223 e. The molecule has 1 rings (SSSR count). The van der Waals surface area contributed by atoms with Gasteiger partial charge in [0, 0.05) is 18.6 Å². The maximum atomic E-state index is 3.55. The summed E-state index contributed by atoms with van der Waals surface area (Å²) in [5.41, 5.74) is 0. The highest BCUT2D eigenvalue weighted by molar-refractivity contribution is 4.82. The van der Waals surface area contributed by atoms with Crippen molar-refractivity contribution in [1.29, 1.82) is 0 Å². The molecule has 0 radical (unpaired) electrons. The molecule has 1 aliphatic heterocycles. The van der Waals surface area contributed by atoms with Crippen LogP contribution in [0.4, 0.5) is 0 Å². The van der Waals surface area contributed by atoms with Gasteiger partial charge < -0.3 is 5.32 Å². The van der Waals surface area contributed by atoms with Crippen molar-refractivity contribution in [2.75, 3.05) is 19.6 Å². The van der Waals surface area contributed by atoms with E-state index in [1.807, 2.05) is 0 Å². The Morgan fingerprint density at radius 2 is 1.88 bits per heavy atom. The van der Waals surface area contributed by atoms with Gasteiger partial charge in [-0.15, -0.1) is 0 Å². The molecule has 16 heavy (non-hydrogen) atoms. The lowest BCUT2D eigenvalue weighted by Crippen LogP contribution is -2.50. The summed E-state index contributed by atoms with van der Waals surface area (Å²) in [6.07, 6.45) is 8.13. The van der Waals surface area contributed by atoms with Crippen molar-refractivity contribution >= 4 is 0 Å². The van der Waals surface area contributed by atoms with Gasteiger partial charge >= 0.3 is 0 Å². The summed E-state index contributed by atoms with van der Waals surface area (Å²) in [6.45, 7) is 10.6. The third-order valence-corrected chi connectivity index (χ3v) is 3.82. The van der Waals surface area contributed by atoms with E-state index < -0.39 is 0 Å². The highest BCUT2D eigenvalue weighted by atomic mass is 15.2. The number of hydrogen-bond donors (Lipinski definition) is 1. The van der Waals surface area contributed by atoms with Gasteiger partial charge in [-0.3, -0.25) is 4.90 Å². The standard InChI is InChI=1S/C14H30N2/c1-4-8-13(9-5-2)16(6-3)14-10-7-11-15-12-14/h13-15H,4-12H2,1-3H3. The van der Waals surface area contributed by atoms with Crippen molar-refractivity contribution in [2.24, 2.45) is 0 Å². The third-order valence-electron chi connectivity index (χ3n) is 3.82. The average molecular weight is 226 g/mol. The fourth-order valence-corrected chi connectivity index (χ4v) is 3.07. The second-order valence-electron chi connectivity index (χ2n) is 5.06. The lowest BCUT2D eigenvalue weighted by molar-refractivity contribution is 0.106. The summed E-state index contributed by atoms with van der Waals surface area (Å²) in [5, 5.41) is 3.55.